The summed E-state index contributed by atoms with van der Waals surface area (Å²) in [6.45, 7) is 1.85. The minimum atomic E-state index is 0.0609. The van der Waals surface area contributed by atoms with Crippen LogP contribution in [0.1, 0.15) is 12.0 Å². The Morgan fingerprint density at radius 3 is 2.28 bits per heavy atom. The van der Waals surface area contributed by atoms with Crippen LogP contribution in [0, 0.1) is 10.8 Å². The van der Waals surface area contributed by atoms with E-state index < -0.39 is 0 Å². The zero-order valence-electron chi connectivity index (χ0n) is 10.5. The summed E-state index contributed by atoms with van der Waals surface area (Å²) in [6, 6.07) is 10.2. The zero-order valence-corrected chi connectivity index (χ0v) is 10.5. The summed E-state index contributed by atoms with van der Waals surface area (Å²) in [4.78, 5) is 0. The van der Waals surface area contributed by atoms with E-state index in [2.05, 4.69) is 0 Å². The highest BCUT2D eigenvalue weighted by Crippen LogP contribution is 2.00. The second-order valence-corrected chi connectivity index (χ2v) is 3.66. The summed E-state index contributed by atoms with van der Waals surface area (Å²) in [5.41, 5.74) is 12.2. The Morgan fingerprint density at radius 1 is 1.17 bits per heavy atom. The normalized spacial score (nSPS) is 11.0. The molecule has 0 saturated carbocycles. The molecule has 6 N–H and O–H groups in total. The van der Waals surface area contributed by atoms with E-state index in [4.69, 9.17) is 27.0 Å². The summed E-state index contributed by atoms with van der Waals surface area (Å²) in [6.07, 6.45) is 2.66. The summed E-state index contributed by atoms with van der Waals surface area (Å²) >= 11 is 0. The molecule has 18 heavy (non-hydrogen) atoms. The number of rotatable bonds is 7. The van der Waals surface area contributed by atoms with Crippen LogP contribution in [-0.2, 0) is 11.3 Å². The second-order valence-electron chi connectivity index (χ2n) is 3.66. The van der Waals surface area contributed by atoms with Gasteiger partial charge >= 0.3 is 0 Å². The Bertz CT molecular complexity index is 310. The Morgan fingerprint density at radius 2 is 1.78 bits per heavy atom. The summed E-state index contributed by atoms with van der Waals surface area (Å²) in [7, 11) is 0. The van der Waals surface area contributed by atoms with Crippen LogP contribution in [0.4, 0.5) is 0 Å². The minimum Gasteiger partial charge on any atom is -0.377 e. The van der Waals surface area contributed by atoms with Crippen LogP contribution in [0.5, 0.6) is 0 Å². The van der Waals surface area contributed by atoms with Crippen LogP contribution in [0.25, 0.3) is 0 Å². The van der Waals surface area contributed by atoms with E-state index in [1.165, 1.54) is 5.56 Å². The Kier molecular flexibility index (Phi) is 10.9. The maximum atomic E-state index is 6.08. The van der Waals surface area contributed by atoms with Gasteiger partial charge in [0.25, 0.3) is 0 Å². The molecule has 0 heterocycles. The first-order chi connectivity index (χ1) is 8.74. The van der Waals surface area contributed by atoms with Crippen molar-refractivity contribution < 1.29 is 4.74 Å². The number of ether oxygens (including phenoxy) is 1. The number of benzene rings is 1. The lowest BCUT2D eigenvalue weighted by Crippen LogP contribution is -2.30. The monoisotopic (exact) mass is 250 g/mol. The fourth-order valence-electron chi connectivity index (χ4n) is 1.12. The molecule has 0 fully saturated rings. The fourth-order valence-corrected chi connectivity index (χ4v) is 1.12. The Hall–Kier alpha value is -1.56. The van der Waals surface area contributed by atoms with Gasteiger partial charge in [-0.2, -0.15) is 0 Å². The van der Waals surface area contributed by atoms with E-state index >= 15 is 0 Å². The number of nitrogens with two attached hydrogens (primary N) is 2. The van der Waals surface area contributed by atoms with E-state index in [1.807, 2.05) is 30.3 Å². The first kappa shape index (κ1) is 16.4. The molecule has 0 aliphatic heterocycles. The molecule has 0 saturated heterocycles. The van der Waals surface area contributed by atoms with Crippen molar-refractivity contribution in [1.29, 1.82) is 10.8 Å². The van der Waals surface area contributed by atoms with E-state index in [0.717, 1.165) is 18.9 Å². The first-order valence-corrected chi connectivity index (χ1v) is 5.81. The first-order valence-electron chi connectivity index (χ1n) is 5.81. The quantitative estimate of drug-likeness (QED) is 0.430. The second kappa shape index (κ2) is 11.9. The highest BCUT2D eigenvalue weighted by atomic mass is 16.5. The molecular weight excluding hydrogens is 228 g/mol. The Balaban J connectivity index is 0.000000631. The molecule has 0 aromatic heterocycles. The molecule has 5 nitrogen and oxygen atoms in total. The van der Waals surface area contributed by atoms with Crippen molar-refractivity contribution in [3.05, 3.63) is 35.9 Å². The van der Waals surface area contributed by atoms with Gasteiger partial charge in [-0.3, -0.25) is 0 Å². The number of nitrogens with one attached hydrogen (secondary N) is 2. The van der Waals surface area contributed by atoms with Gasteiger partial charge in [0, 0.05) is 31.6 Å². The third kappa shape index (κ3) is 9.65. The van der Waals surface area contributed by atoms with Gasteiger partial charge in [-0.25, -0.2) is 0 Å². The van der Waals surface area contributed by atoms with Gasteiger partial charge in [0.15, 0.2) is 0 Å². The van der Waals surface area contributed by atoms with Crippen molar-refractivity contribution in [2.24, 2.45) is 11.5 Å². The van der Waals surface area contributed by atoms with Crippen molar-refractivity contribution in [1.82, 2.24) is 0 Å². The lowest BCUT2D eigenvalue weighted by atomic mass is 10.2. The molecule has 1 rings (SSSR count). The predicted octanol–water partition coefficient (Wildman–Crippen LogP) is 1.16. The van der Waals surface area contributed by atoms with Gasteiger partial charge in [0.05, 0.1) is 6.61 Å². The zero-order chi connectivity index (χ0) is 13.6. The third-order valence-electron chi connectivity index (χ3n) is 2.13. The molecule has 1 atom stereocenters. The average molecular weight is 250 g/mol. The maximum absolute atomic E-state index is 6.08. The van der Waals surface area contributed by atoms with E-state index in [9.17, 15) is 0 Å². The molecule has 5 heteroatoms. The predicted molar refractivity (Wildman–Crippen MR) is 75.3 cm³/mol. The number of hydrogen-bond acceptors (Lipinski definition) is 5. The van der Waals surface area contributed by atoms with Crippen LogP contribution in [-0.4, -0.2) is 31.6 Å². The van der Waals surface area contributed by atoms with Gasteiger partial charge in [0.2, 0.25) is 0 Å². The lowest BCUT2D eigenvalue weighted by Gasteiger charge is -2.08. The van der Waals surface area contributed by atoms with Crippen molar-refractivity contribution >= 4 is 12.4 Å². The highest BCUT2D eigenvalue weighted by Gasteiger charge is 1.98. The SMILES string of the molecule is N=CC=N.NCC(N)CCOCc1ccccc1. The van der Waals surface area contributed by atoms with Crippen molar-refractivity contribution in [3.63, 3.8) is 0 Å². The molecule has 1 aromatic carbocycles. The van der Waals surface area contributed by atoms with Crippen molar-refractivity contribution in [2.45, 2.75) is 19.1 Å². The van der Waals surface area contributed by atoms with Crippen LogP contribution in [0.15, 0.2) is 30.3 Å². The summed E-state index contributed by atoms with van der Waals surface area (Å²) < 4.78 is 5.46. The minimum absolute atomic E-state index is 0.0609. The molecule has 0 radical (unpaired) electrons. The molecule has 0 aliphatic rings. The van der Waals surface area contributed by atoms with Gasteiger partial charge < -0.3 is 27.0 Å². The van der Waals surface area contributed by atoms with Crippen LogP contribution < -0.4 is 11.5 Å². The third-order valence-corrected chi connectivity index (χ3v) is 2.13. The van der Waals surface area contributed by atoms with Crippen LogP contribution >= 0.6 is 0 Å². The van der Waals surface area contributed by atoms with Crippen LogP contribution in [0.3, 0.4) is 0 Å². The Labute approximate surface area is 108 Å². The fraction of sp³-hybridized carbons (Fsp3) is 0.385. The average Bonchev–Trinajstić information content (AvgIpc) is 2.44. The van der Waals surface area contributed by atoms with Gasteiger partial charge in [0.1, 0.15) is 0 Å². The molecule has 1 unspecified atom stereocenters. The molecule has 100 valence electrons. The standard InChI is InChI=1S/C11H18N2O.C2H4N2/c12-8-11(13)6-7-14-9-10-4-2-1-3-5-10;3-1-2-4/h1-5,11H,6-9,12-13H2;1-4H. The van der Waals surface area contributed by atoms with E-state index in [0.29, 0.717) is 19.8 Å². The molecule has 0 bridgehead atoms. The molecular formula is C13H22N4O. The molecule has 0 amide bonds. The topological polar surface area (TPSA) is 109 Å². The molecule has 0 spiro atoms. The maximum Gasteiger partial charge on any atom is 0.0716 e. The largest absolute Gasteiger partial charge is 0.377 e. The summed E-state index contributed by atoms with van der Waals surface area (Å²) in [5.74, 6) is 0. The van der Waals surface area contributed by atoms with Gasteiger partial charge in [-0.15, -0.1) is 0 Å². The summed E-state index contributed by atoms with van der Waals surface area (Å²) in [5, 5.41) is 12.2. The van der Waals surface area contributed by atoms with Crippen molar-refractivity contribution in [3.8, 4) is 0 Å². The number of hydrogen-bond donors (Lipinski definition) is 4. The molecule has 1 aromatic rings. The van der Waals surface area contributed by atoms with Crippen molar-refractivity contribution in [2.75, 3.05) is 13.2 Å². The van der Waals surface area contributed by atoms with Crippen LogP contribution in [0.2, 0.25) is 0 Å². The van der Waals surface area contributed by atoms with E-state index in [1.54, 1.807) is 0 Å². The lowest BCUT2D eigenvalue weighted by molar-refractivity contribution is 0.114. The van der Waals surface area contributed by atoms with Gasteiger partial charge in [-0.05, 0) is 12.0 Å². The van der Waals surface area contributed by atoms with E-state index in [-0.39, 0.29) is 6.04 Å². The smallest absolute Gasteiger partial charge is 0.0716 e. The van der Waals surface area contributed by atoms with Gasteiger partial charge in [-0.1, -0.05) is 30.3 Å². The molecule has 0 aliphatic carbocycles. The highest BCUT2D eigenvalue weighted by molar-refractivity contribution is 6.12.